The molecule has 2 aliphatic heterocycles. The van der Waals surface area contributed by atoms with Crippen LogP contribution in [0.25, 0.3) is 10.8 Å². The molecular weight excluding hydrogens is 516 g/mol. The number of aliphatic carboxylic acids is 2. The Hall–Kier alpha value is -4.16. The highest BCUT2D eigenvalue weighted by Gasteiger charge is 2.40. The van der Waals surface area contributed by atoms with Gasteiger partial charge in [0.1, 0.15) is 11.5 Å². The zero-order chi connectivity index (χ0) is 27.4. The number of sulfonamides is 1. The second-order valence-corrected chi connectivity index (χ2v) is 10.5. The largest absolute Gasteiger partial charge is 0.484 e. The molecule has 3 aromatic rings. The second-order valence-electron chi connectivity index (χ2n) is 8.67. The van der Waals surface area contributed by atoms with Gasteiger partial charge in [0, 0.05) is 18.5 Å². The van der Waals surface area contributed by atoms with Crippen LogP contribution in [0.1, 0.15) is 23.2 Å². The van der Waals surface area contributed by atoms with Crippen molar-refractivity contribution in [3.8, 4) is 11.5 Å². The standard InChI is InChI=1S/C24H24N2O5S.C2H2O4/c1-25(22-16-30-20-13-12-17-8-2-3-9-18(17)23(20)31-22)14-6-7-15-26-24(27)19-10-4-5-11-21(19)32(26,28)29;3-1(4)2(5)6/h2-5,8-13,22H,6-7,14-16H2,1H3;(H,3,4)(H,5,6). The van der Waals surface area contributed by atoms with Crippen LogP contribution in [-0.2, 0) is 19.6 Å². The summed E-state index contributed by atoms with van der Waals surface area (Å²) >= 11 is 0. The predicted molar refractivity (Wildman–Crippen MR) is 136 cm³/mol. The number of carbonyl (C=O) groups is 3. The van der Waals surface area contributed by atoms with Crippen LogP contribution in [0, 0.1) is 0 Å². The van der Waals surface area contributed by atoms with Crippen molar-refractivity contribution in [2.75, 3.05) is 26.7 Å². The third-order valence-electron chi connectivity index (χ3n) is 6.19. The van der Waals surface area contributed by atoms with E-state index in [1.54, 1.807) is 18.2 Å². The molecule has 1 amide bonds. The van der Waals surface area contributed by atoms with Crippen molar-refractivity contribution in [3.63, 3.8) is 0 Å². The van der Waals surface area contributed by atoms with E-state index in [4.69, 9.17) is 29.3 Å². The first-order valence-electron chi connectivity index (χ1n) is 11.7. The molecule has 38 heavy (non-hydrogen) atoms. The summed E-state index contributed by atoms with van der Waals surface area (Å²) in [7, 11) is -1.79. The lowest BCUT2D eigenvalue weighted by Crippen LogP contribution is -2.43. The quantitative estimate of drug-likeness (QED) is 0.351. The number of benzene rings is 3. The lowest BCUT2D eigenvalue weighted by Gasteiger charge is -2.33. The van der Waals surface area contributed by atoms with Gasteiger partial charge in [0.15, 0.2) is 17.7 Å². The Kier molecular flexibility index (Phi) is 7.83. The zero-order valence-electron chi connectivity index (χ0n) is 20.4. The number of nitrogens with zero attached hydrogens (tertiary/aromatic N) is 2. The molecular formula is C26H26N2O9S. The van der Waals surface area contributed by atoms with Gasteiger partial charge < -0.3 is 19.7 Å². The average Bonchev–Trinajstić information content (AvgIpc) is 3.11. The maximum absolute atomic E-state index is 12.7. The van der Waals surface area contributed by atoms with Crippen molar-refractivity contribution in [1.82, 2.24) is 9.21 Å². The fourth-order valence-electron chi connectivity index (χ4n) is 4.22. The van der Waals surface area contributed by atoms with Gasteiger partial charge in [0.05, 0.1) is 5.56 Å². The van der Waals surface area contributed by atoms with Gasteiger partial charge in [-0.25, -0.2) is 22.3 Å². The molecule has 0 radical (unpaired) electrons. The van der Waals surface area contributed by atoms with Crippen LogP contribution in [0.15, 0.2) is 65.6 Å². The van der Waals surface area contributed by atoms with Crippen molar-refractivity contribution < 1.29 is 42.5 Å². The lowest BCUT2D eigenvalue weighted by atomic mass is 10.1. The van der Waals surface area contributed by atoms with Crippen LogP contribution in [0.5, 0.6) is 11.5 Å². The molecule has 2 aliphatic rings. The van der Waals surface area contributed by atoms with Crippen molar-refractivity contribution in [1.29, 1.82) is 0 Å². The second kappa shape index (κ2) is 11.1. The Bertz CT molecular complexity index is 1480. The van der Waals surface area contributed by atoms with Crippen molar-refractivity contribution in [3.05, 3.63) is 66.2 Å². The molecule has 0 fully saturated rings. The Balaban J connectivity index is 0.000000505. The van der Waals surface area contributed by atoms with E-state index in [9.17, 15) is 13.2 Å². The Morgan fingerprint density at radius 2 is 1.68 bits per heavy atom. The normalized spacial score (nSPS) is 17.1. The van der Waals surface area contributed by atoms with Gasteiger partial charge in [-0.1, -0.05) is 42.5 Å². The summed E-state index contributed by atoms with van der Waals surface area (Å²) in [6.45, 7) is 1.26. The average molecular weight is 543 g/mol. The number of carboxylic acids is 2. The van der Waals surface area contributed by atoms with Gasteiger partial charge >= 0.3 is 11.9 Å². The third kappa shape index (κ3) is 5.41. The summed E-state index contributed by atoms with van der Waals surface area (Å²) in [5.41, 5.74) is 0.253. The molecule has 2 N–H and O–H groups in total. The molecule has 0 saturated heterocycles. The molecule has 11 nitrogen and oxygen atoms in total. The first kappa shape index (κ1) is 26.9. The summed E-state index contributed by atoms with van der Waals surface area (Å²) in [4.78, 5) is 32.9. The third-order valence-corrected chi connectivity index (χ3v) is 8.03. The maximum Gasteiger partial charge on any atom is 0.414 e. The Labute approximate surface area is 218 Å². The lowest BCUT2D eigenvalue weighted by molar-refractivity contribution is -0.159. The number of ether oxygens (including phenoxy) is 2. The van der Waals surface area contributed by atoms with Gasteiger partial charge in [-0.3, -0.25) is 9.69 Å². The molecule has 0 bridgehead atoms. The summed E-state index contributed by atoms with van der Waals surface area (Å²) in [5.74, 6) is -2.60. The molecule has 0 aliphatic carbocycles. The number of carbonyl (C=O) groups excluding carboxylic acids is 1. The Morgan fingerprint density at radius 1 is 1.00 bits per heavy atom. The molecule has 0 saturated carbocycles. The first-order valence-corrected chi connectivity index (χ1v) is 13.2. The van der Waals surface area contributed by atoms with Gasteiger partial charge in [-0.05, 0) is 43.5 Å². The van der Waals surface area contributed by atoms with Gasteiger partial charge in [-0.15, -0.1) is 0 Å². The summed E-state index contributed by atoms with van der Waals surface area (Å²) in [6.07, 6.45) is 1.04. The highest BCUT2D eigenvalue weighted by atomic mass is 32.2. The minimum absolute atomic E-state index is 0.0979. The van der Waals surface area contributed by atoms with Crippen LogP contribution in [0.4, 0.5) is 0 Å². The van der Waals surface area contributed by atoms with E-state index in [0.717, 1.165) is 26.6 Å². The van der Waals surface area contributed by atoms with E-state index in [1.807, 2.05) is 43.4 Å². The predicted octanol–water partition coefficient (Wildman–Crippen LogP) is 2.65. The molecule has 0 spiro atoms. The van der Waals surface area contributed by atoms with Crippen LogP contribution < -0.4 is 9.47 Å². The van der Waals surface area contributed by atoms with E-state index in [1.165, 1.54) is 6.07 Å². The molecule has 5 rings (SSSR count). The van der Waals surface area contributed by atoms with Crippen molar-refractivity contribution in [2.45, 2.75) is 24.0 Å². The molecule has 1 atom stereocenters. The number of hydrogen-bond donors (Lipinski definition) is 2. The highest BCUT2D eigenvalue weighted by molar-refractivity contribution is 7.90. The van der Waals surface area contributed by atoms with Crippen molar-refractivity contribution in [2.24, 2.45) is 0 Å². The van der Waals surface area contributed by atoms with Crippen LogP contribution in [-0.4, -0.2) is 78.7 Å². The van der Waals surface area contributed by atoms with Crippen LogP contribution in [0.2, 0.25) is 0 Å². The SMILES string of the molecule is CN(CCCCN1C(=O)c2ccccc2S1(=O)=O)C1COc2ccc3ccccc3c2O1.O=C(O)C(=O)O. The molecule has 1 unspecified atom stereocenters. The molecule has 0 aromatic heterocycles. The minimum Gasteiger partial charge on any atom is -0.484 e. The smallest absolute Gasteiger partial charge is 0.414 e. The van der Waals surface area contributed by atoms with E-state index in [-0.39, 0.29) is 23.2 Å². The number of fused-ring (bicyclic) bond motifs is 4. The first-order chi connectivity index (χ1) is 18.1. The highest BCUT2D eigenvalue weighted by Crippen LogP contribution is 2.39. The number of likely N-dealkylation sites (N-methyl/N-ethyl adjacent to an activating group) is 1. The van der Waals surface area contributed by atoms with Gasteiger partial charge in [-0.2, -0.15) is 0 Å². The van der Waals surface area contributed by atoms with E-state index < -0.39 is 27.9 Å². The minimum atomic E-state index is -3.75. The number of rotatable bonds is 6. The van der Waals surface area contributed by atoms with Crippen LogP contribution in [0.3, 0.4) is 0 Å². The molecule has 12 heteroatoms. The molecule has 2 heterocycles. The monoisotopic (exact) mass is 542 g/mol. The van der Waals surface area contributed by atoms with Crippen LogP contribution >= 0.6 is 0 Å². The van der Waals surface area contributed by atoms with Crippen molar-refractivity contribution >= 4 is 38.6 Å². The molecule has 3 aromatic carbocycles. The zero-order valence-corrected chi connectivity index (χ0v) is 21.3. The maximum atomic E-state index is 12.7. The van der Waals surface area contributed by atoms with Gasteiger partial charge in [0.2, 0.25) is 0 Å². The van der Waals surface area contributed by atoms with Gasteiger partial charge in [0.25, 0.3) is 15.9 Å². The fraction of sp³-hybridized carbons (Fsp3) is 0.269. The fourth-order valence-corrected chi connectivity index (χ4v) is 5.83. The van der Waals surface area contributed by atoms with E-state index in [0.29, 0.717) is 26.0 Å². The Morgan fingerprint density at radius 3 is 2.39 bits per heavy atom. The molecule has 200 valence electrons. The summed E-state index contributed by atoms with van der Waals surface area (Å²) in [6, 6.07) is 18.3. The number of amides is 1. The number of carboxylic acid groups (broad SMARTS) is 2. The van der Waals surface area contributed by atoms with E-state index in [2.05, 4.69) is 4.90 Å². The number of hydrogen-bond acceptors (Lipinski definition) is 8. The topological polar surface area (TPSA) is 151 Å². The summed E-state index contributed by atoms with van der Waals surface area (Å²) in [5, 5.41) is 16.9. The number of unbranched alkanes of at least 4 members (excludes halogenated alkanes) is 1. The summed E-state index contributed by atoms with van der Waals surface area (Å²) < 4.78 is 38.5. The van der Waals surface area contributed by atoms with E-state index >= 15 is 0 Å².